The minimum Gasteiger partial charge on any atom is -0.490 e. The van der Waals surface area contributed by atoms with Crippen molar-refractivity contribution < 1.29 is 19.0 Å². The first-order valence-electron chi connectivity index (χ1n) is 9.52. The van der Waals surface area contributed by atoms with E-state index in [0.717, 1.165) is 42.9 Å². The van der Waals surface area contributed by atoms with Crippen LogP contribution in [0.3, 0.4) is 0 Å². The van der Waals surface area contributed by atoms with E-state index in [-0.39, 0.29) is 12.0 Å². The third kappa shape index (κ3) is 8.95. The maximum Gasteiger partial charge on any atom is 0.305 e. The monoisotopic (exact) mass is 396 g/mol. The molecule has 0 amide bonds. The Balaban J connectivity index is 2.41. The smallest absolute Gasteiger partial charge is 0.305 e. The fraction of sp³-hybridized carbons (Fsp3) is 0.600. The average molecular weight is 397 g/mol. The van der Waals surface area contributed by atoms with E-state index in [1.165, 1.54) is 7.11 Å². The van der Waals surface area contributed by atoms with Crippen molar-refractivity contribution in [3.8, 4) is 11.5 Å². The summed E-state index contributed by atoms with van der Waals surface area (Å²) in [5.74, 6) is 1.34. The molecule has 1 atom stereocenters. The van der Waals surface area contributed by atoms with E-state index in [4.69, 9.17) is 21.7 Å². The van der Waals surface area contributed by atoms with Crippen molar-refractivity contribution in [3.63, 3.8) is 0 Å². The zero-order valence-corrected chi connectivity index (χ0v) is 17.6. The summed E-state index contributed by atoms with van der Waals surface area (Å²) in [6, 6.07) is 5.97. The van der Waals surface area contributed by atoms with Gasteiger partial charge in [0.25, 0.3) is 0 Å². The number of carbonyl (C=O) groups is 1. The van der Waals surface area contributed by atoms with Crippen molar-refractivity contribution in [2.45, 2.75) is 52.5 Å². The number of carbonyl (C=O) groups excluding carboxylic acids is 1. The lowest BCUT2D eigenvalue weighted by Gasteiger charge is -2.19. The van der Waals surface area contributed by atoms with Crippen LogP contribution in [0.4, 0.5) is 0 Å². The summed E-state index contributed by atoms with van der Waals surface area (Å²) in [6.07, 6.45) is 3.20. The van der Waals surface area contributed by atoms with E-state index in [2.05, 4.69) is 22.3 Å². The lowest BCUT2D eigenvalue weighted by molar-refractivity contribution is -0.140. The molecular formula is C20H32N2O4S. The SMILES string of the molecule is CCOc1ccc([C@@H](C)NC(=S)NCCCCCC(=O)OC)cc1OCC. The Kier molecular flexibility index (Phi) is 11.2. The molecule has 0 saturated heterocycles. The molecule has 0 aliphatic rings. The molecule has 0 aliphatic heterocycles. The summed E-state index contributed by atoms with van der Waals surface area (Å²) in [4.78, 5) is 11.0. The fourth-order valence-corrected chi connectivity index (χ4v) is 2.82. The molecule has 0 unspecified atom stereocenters. The highest BCUT2D eigenvalue weighted by molar-refractivity contribution is 7.80. The molecule has 0 heterocycles. The third-order valence-corrected chi connectivity index (χ3v) is 4.25. The highest BCUT2D eigenvalue weighted by Gasteiger charge is 2.12. The molecule has 1 rings (SSSR count). The summed E-state index contributed by atoms with van der Waals surface area (Å²) in [6.45, 7) is 7.91. The van der Waals surface area contributed by atoms with Crippen molar-refractivity contribution in [3.05, 3.63) is 23.8 Å². The maximum atomic E-state index is 11.0. The number of hydrogen-bond acceptors (Lipinski definition) is 5. The fourth-order valence-electron chi connectivity index (χ4n) is 2.54. The number of hydrogen-bond donors (Lipinski definition) is 2. The quantitative estimate of drug-likeness (QED) is 0.317. The van der Waals surface area contributed by atoms with E-state index in [1.807, 2.05) is 32.0 Å². The van der Waals surface area contributed by atoms with Gasteiger partial charge >= 0.3 is 5.97 Å². The molecule has 2 N–H and O–H groups in total. The van der Waals surface area contributed by atoms with Crippen molar-refractivity contribution in [2.75, 3.05) is 26.9 Å². The first-order valence-corrected chi connectivity index (χ1v) is 9.93. The summed E-state index contributed by atoms with van der Waals surface area (Å²) < 4.78 is 15.9. The molecule has 0 radical (unpaired) electrons. The van der Waals surface area contributed by atoms with Gasteiger partial charge in [-0.1, -0.05) is 12.5 Å². The van der Waals surface area contributed by atoms with Gasteiger partial charge in [-0.15, -0.1) is 0 Å². The Morgan fingerprint density at radius 2 is 1.81 bits per heavy atom. The number of nitrogens with one attached hydrogen (secondary N) is 2. The normalized spacial score (nSPS) is 11.4. The maximum absolute atomic E-state index is 11.0. The first-order chi connectivity index (χ1) is 13.0. The molecule has 1 aromatic carbocycles. The Hall–Kier alpha value is -2.02. The Morgan fingerprint density at radius 3 is 2.48 bits per heavy atom. The van der Waals surface area contributed by atoms with Gasteiger partial charge in [0.15, 0.2) is 16.6 Å². The second kappa shape index (κ2) is 13.2. The van der Waals surface area contributed by atoms with Gasteiger partial charge < -0.3 is 24.8 Å². The van der Waals surface area contributed by atoms with Crippen LogP contribution in [0.15, 0.2) is 18.2 Å². The van der Waals surface area contributed by atoms with Gasteiger partial charge in [-0.05, 0) is 63.5 Å². The molecule has 0 fully saturated rings. The van der Waals surface area contributed by atoms with Crippen molar-refractivity contribution in [2.24, 2.45) is 0 Å². The van der Waals surface area contributed by atoms with E-state index in [0.29, 0.717) is 24.7 Å². The number of thiocarbonyl (C=S) groups is 1. The molecule has 0 spiro atoms. The summed E-state index contributed by atoms with van der Waals surface area (Å²) in [7, 11) is 1.41. The third-order valence-electron chi connectivity index (χ3n) is 3.99. The Labute approximate surface area is 168 Å². The predicted octanol–water partition coefficient (Wildman–Crippen LogP) is 3.74. The zero-order valence-electron chi connectivity index (χ0n) is 16.8. The number of esters is 1. The second-order valence-corrected chi connectivity index (χ2v) is 6.49. The second-order valence-electron chi connectivity index (χ2n) is 6.08. The van der Waals surface area contributed by atoms with Gasteiger partial charge in [-0.25, -0.2) is 0 Å². The van der Waals surface area contributed by atoms with Gasteiger partial charge in [0, 0.05) is 13.0 Å². The minimum atomic E-state index is -0.157. The average Bonchev–Trinajstić information content (AvgIpc) is 2.65. The van der Waals surface area contributed by atoms with Crippen LogP contribution in [0.25, 0.3) is 0 Å². The molecular weight excluding hydrogens is 364 g/mol. The number of ether oxygens (including phenoxy) is 3. The number of methoxy groups -OCH3 is 1. The van der Waals surface area contributed by atoms with Crippen LogP contribution in [-0.2, 0) is 9.53 Å². The van der Waals surface area contributed by atoms with Crippen LogP contribution in [0.2, 0.25) is 0 Å². The Morgan fingerprint density at radius 1 is 1.11 bits per heavy atom. The van der Waals surface area contributed by atoms with Crippen LogP contribution >= 0.6 is 12.2 Å². The molecule has 0 saturated carbocycles. The predicted molar refractivity (Wildman–Crippen MR) is 111 cm³/mol. The number of rotatable bonds is 12. The van der Waals surface area contributed by atoms with E-state index < -0.39 is 0 Å². The van der Waals surface area contributed by atoms with Crippen LogP contribution in [0, 0.1) is 0 Å². The van der Waals surface area contributed by atoms with Crippen molar-refractivity contribution in [1.29, 1.82) is 0 Å². The van der Waals surface area contributed by atoms with E-state index >= 15 is 0 Å². The number of benzene rings is 1. The topological polar surface area (TPSA) is 68.8 Å². The highest BCUT2D eigenvalue weighted by atomic mass is 32.1. The van der Waals surface area contributed by atoms with Gasteiger partial charge in [-0.3, -0.25) is 4.79 Å². The van der Waals surface area contributed by atoms with E-state index in [9.17, 15) is 4.79 Å². The molecule has 0 aliphatic carbocycles. The van der Waals surface area contributed by atoms with Crippen molar-refractivity contribution >= 4 is 23.3 Å². The van der Waals surface area contributed by atoms with Crippen LogP contribution in [0.5, 0.6) is 11.5 Å². The van der Waals surface area contributed by atoms with Gasteiger partial charge in [0.05, 0.1) is 26.4 Å². The largest absolute Gasteiger partial charge is 0.490 e. The van der Waals surface area contributed by atoms with E-state index in [1.54, 1.807) is 0 Å². The summed E-state index contributed by atoms with van der Waals surface area (Å²) >= 11 is 5.37. The molecule has 27 heavy (non-hydrogen) atoms. The molecule has 0 aromatic heterocycles. The van der Waals surface area contributed by atoms with Crippen LogP contribution in [0.1, 0.15) is 58.1 Å². The highest BCUT2D eigenvalue weighted by Crippen LogP contribution is 2.30. The first kappa shape index (κ1) is 23.0. The zero-order chi connectivity index (χ0) is 20.1. The molecule has 1 aromatic rings. The molecule has 7 heteroatoms. The minimum absolute atomic E-state index is 0.0409. The lowest BCUT2D eigenvalue weighted by atomic mass is 10.1. The van der Waals surface area contributed by atoms with Crippen molar-refractivity contribution in [1.82, 2.24) is 10.6 Å². The molecule has 152 valence electrons. The lowest BCUT2D eigenvalue weighted by Crippen LogP contribution is -2.37. The molecule has 0 bridgehead atoms. The molecule has 6 nitrogen and oxygen atoms in total. The van der Waals surface area contributed by atoms with Crippen LogP contribution in [-0.4, -0.2) is 38.0 Å². The summed E-state index contributed by atoms with van der Waals surface area (Å²) in [5.41, 5.74) is 1.07. The van der Waals surface area contributed by atoms with Gasteiger partial charge in [0.1, 0.15) is 0 Å². The van der Waals surface area contributed by atoms with Gasteiger partial charge in [-0.2, -0.15) is 0 Å². The Bertz CT molecular complexity index is 595. The van der Waals surface area contributed by atoms with Crippen LogP contribution < -0.4 is 20.1 Å². The van der Waals surface area contributed by atoms with Gasteiger partial charge in [0.2, 0.25) is 0 Å². The standard InChI is InChI=1S/C20H32N2O4S/c1-5-25-17-12-11-16(14-18(17)26-6-2)15(3)22-20(27)21-13-9-7-8-10-19(23)24-4/h11-12,14-15H,5-10,13H2,1-4H3,(H2,21,22,27)/t15-/m1/s1. The number of unbranched alkanes of at least 4 members (excludes halogenated alkanes) is 2. The summed E-state index contributed by atoms with van der Waals surface area (Å²) in [5, 5.41) is 7.10.